The molecule has 22 heavy (non-hydrogen) atoms. The van der Waals surface area contributed by atoms with E-state index >= 15 is 0 Å². The summed E-state index contributed by atoms with van der Waals surface area (Å²) in [6.07, 6.45) is 0. The van der Waals surface area contributed by atoms with E-state index in [1.807, 2.05) is 25.1 Å². The molecule has 1 fully saturated rings. The first-order valence-electron chi connectivity index (χ1n) is 8.02. The Morgan fingerprint density at radius 3 is 2.41 bits per heavy atom. The number of phenolic OH excluding ortho intramolecular Hbond substituents is 1. The van der Waals surface area contributed by atoms with Crippen LogP contribution in [0.25, 0.3) is 0 Å². The van der Waals surface area contributed by atoms with Crippen LogP contribution in [-0.4, -0.2) is 54.7 Å². The zero-order chi connectivity index (χ0) is 16.1. The molecule has 2 rings (SSSR count). The molecular formula is C17H27N3O2. The number of rotatable bonds is 5. The maximum atomic E-state index is 12.0. The van der Waals surface area contributed by atoms with Crippen LogP contribution < -0.4 is 10.2 Å². The number of carbonyl (C=O) groups excluding carboxylic acids is 1. The van der Waals surface area contributed by atoms with Crippen molar-refractivity contribution in [2.24, 2.45) is 5.92 Å². The van der Waals surface area contributed by atoms with Crippen molar-refractivity contribution in [2.45, 2.75) is 26.8 Å². The van der Waals surface area contributed by atoms with Crippen LogP contribution in [0.1, 0.15) is 20.8 Å². The molecule has 2 N–H and O–H groups in total. The summed E-state index contributed by atoms with van der Waals surface area (Å²) in [6, 6.07) is 7.61. The number of hydrogen-bond donors (Lipinski definition) is 2. The van der Waals surface area contributed by atoms with E-state index in [1.54, 1.807) is 6.07 Å². The molecule has 0 aromatic heterocycles. The third-order valence-corrected chi connectivity index (χ3v) is 4.35. The molecule has 0 spiro atoms. The second-order valence-corrected chi connectivity index (χ2v) is 6.35. The number of anilines is 1. The van der Waals surface area contributed by atoms with E-state index < -0.39 is 0 Å². The molecule has 1 aromatic carbocycles. The highest BCUT2D eigenvalue weighted by molar-refractivity contribution is 5.78. The summed E-state index contributed by atoms with van der Waals surface area (Å²) in [5, 5.41) is 13.0. The predicted molar refractivity (Wildman–Crippen MR) is 89.2 cm³/mol. The first-order chi connectivity index (χ1) is 10.5. The molecular weight excluding hydrogens is 278 g/mol. The first-order valence-corrected chi connectivity index (χ1v) is 8.02. The highest BCUT2D eigenvalue weighted by Crippen LogP contribution is 2.27. The van der Waals surface area contributed by atoms with Crippen molar-refractivity contribution in [3.05, 3.63) is 24.3 Å². The van der Waals surface area contributed by atoms with Crippen LogP contribution in [0.2, 0.25) is 0 Å². The molecule has 0 saturated carbocycles. The largest absolute Gasteiger partial charge is 0.506 e. The maximum Gasteiger partial charge on any atom is 0.234 e. The number of nitrogens with zero attached hydrogens (tertiary/aromatic N) is 2. The van der Waals surface area contributed by atoms with Gasteiger partial charge in [-0.25, -0.2) is 0 Å². The number of benzene rings is 1. The van der Waals surface area contributed by atoms with Crippen molar-refractivity contribution >= 4 is 11.6 Å². The number of hydrogen-bond acceptors (Lipinski definition) is 4. The number of para-hydroxylation sites is 2. The lowest BCUT2D eigenvalue weighted by atomic mass is 10.1. The van der Waals surface area contributed by atoms with Gasteiger partial charge in [0.2, 0.25) is 5.91 Å². The van der Waals surface area contributed by atoms with Gasteiger partial charge in [-0.3, -0.25) is 9.69 Å². The van der Waals surface area contributed by atoms with Gasteiger partial charge in [0.15, 0.2) is 0 Å². The third-order valence-electron chi connectivity index (χ3n) is 4.35. The lowest BCUT2D eigenvalue weighted by molar-refractivity contribution is -0.123. The molecule has 1 saturated heterocycles. The monoisotopic (exact) mass is 305 g/mol. The molecule has 1 aliphatic heterocycles. The van der Waals surface area contributed by atoms with Crippen LogP contribution in [0.4, 0.5) is 5.69 Å². The van der Waals surface area contributed by atoms with Gasteiger partial charge in [0.1, 0.15) is 5.75 Å². The van der Waals surface area contributed by atoms with E-state index in [1.165, 1.54) is 0 Å². The number of carbonyl (C=O) groups is 1. The smallest absolute Gasteiger partial charge is 0.234 e. The number of phenols is 1. The van der Waals surface area contributed by atoms with E-state index in [2.05, 4.69) is 29.0 Å². The molecule has 122 valence electrons. The SMILES string of the molecule is CC(C)C(C)NC(=O)CN1CCN(c2ccccc2O)CC1. The molecule has 0 aliphatic carbocycles. The fourth-order valence-corrected chi connectivity index (χ4v) is 2.55. The van der Waals surface area contributed by atoms with Crippen molar-refractivity contribution in [3.8, 4) is 5.75 Å². The summed E-state index contributed by atoms with van der Waals surface area (Å²) < 4.78 is 0. The standard InChI is InChI=1S/C17H27N3O2/c1-13(2)14(3)18-17(22)12-19-8-10-20(11-9-19)15-6-4-5-7-16(15)21/h4-7,13-14,21H,8-12H2,1-3H3,(H,18,22). The summed E-state index contributed by atoms with van der Waals surface area (Å²) >= 11 is 0. The van der Waals surface area contributed by atoms with E-state index in [0.717, 1.165) is 31.9 Å². The average molecular weight is 305 g/mol. The molecule has 1 aromatic rings. The summed E-state index contributed by atoms with van der Waals surface area (Å²) in [5.74, 6) is 0.860. The second-order valence-electron chi connectivity index (χ2n) is 6.35. The highest BCUT2D eigenvalue weighted by Gasteiger charge is 2.21. The topological polar surface area (TPSA) is 55.8 Å². The van der Waals surface area contributed by atoms with Gasteiger partial charge in [-0.2, -0.15) is 0 Å². The van der Waals surface area contributed by atoms with E-state index in [-0.39, 0.29) is 11.9 Å². The van der Waals surface area contributed by atoms with Crippen LogP contribution in [0.15, 0.2) is 24.3 Å². The van der Waals surface area contributed by atoms with E-state index in [0.29, 0.717) is 18.2 Å². The van der Waals surface area contributed by atoms with Crippen LogP contribution in [0.3, 0.4) is 0 Å². The normalized spacial score (nSPS) is 17.5. The van der Waals surface area contributed by atoms with E-state index in [9.17, 15) is 9.90 Å². The fraction of sp³-hybridized carbons (Fsp3) is 0.588. The number of nitrogens with one attached hydrogen (secondary N) is 1. The Morgan fingerprint density at radius 1 is 1.18 bits per heavy atom. The van der Waals surface area contributed by atoms with Gasteiger partial charge < -0.3 is 15.3 Å². The summed E-state index contributed by atoms with van der Waals surface area (Å²) in [7, 11) is 0. The molecule has 1 amide bonds. The minimum Gasteiger partial charge on any atom is -0.506 e. The van der Waals surface area contributed by atoms with Crippen molar-refractivity contribution in [3.63, 3.8) is 0 Å². The van der Waals surface area contributed by atoms with Crippen molar-refractivity contribution < 1.29 is 9.90 Å². The molecule has 5 heteroatoms. The van der Waals surface area contributed by atoms with Crippen molar-refractivity contribution in [2.75, 3.05) is 37.6 Å². The van der Waals surface area contributed by atoms with Gasteiger partial charge in [0.05, 0.1) is 12.2 Å². The minimum atomic E-state index is 0.0946. The number of piperazine rings is 1. The summed E-state index contributed by atoms with van der Waals surface area (Å²) in [5.41, 5.74) is 0.875. The Balaban J connectivity index is 1.80. The van der Waals surface area contributed by atoms with Crippen LogP contribution >= 0.6 is 0 Å². The van der Waals surface area contributed by atoms with Crippen molar-refractivity contribution in [1.29, 1.82) is 0 Å². The average Bonchev–Trinajstić information content (AvgIpc) is 2.48. The molecule has 0 radical (unpaired) electrons. The quantitative estimate of drug-likeness (QED) is 0.869. The molecule has 1 aliphatic rings. The highest BCUT2D eigenvalue weighted by atomic mass is 16.3. The summed E-state index contributed by atoms with van der Waals surface area (Å²) in [4.78, 5) is 16.4. The summed E-state index contributed by atoms with van der Waals surface area (Å²) in [6.45, 7) is 10.0. The third kappa shape index (κ3) is 4.37. The lowest BCUT2D eigenvalue weighted by Gasteiger charge is -2.36. The van der Waals surface area contributed by atoms with E-state index in [4.69, 9.17) is 0 Å². The van der Waals surface area contributed by atoms with Crippen LogP contribution in [-0.2, 0) is 4.79 Å². The second kappa shape index (κ2) is 7.49. The Morgan fingerprint density at radius 2 is 1.82 bits per heavy atom. The lowest BCUT2D eigenvalue weighted by Crippen LogP contribution is -2.50. The Labute approximate surface area is 132 Å². The molecule has 1 heterocycles. The Hall–Kier alpha value is -1.75. The molecule has 1 unspecified atom stereocenters. The van der Waals surface area contributed by atoms with Gasteiger partial charge >= 0.3 is 0 Å². The van der Waals surface area contributed by atoms with Gasteiger partial charge in [0, 0.05) is 32.2 Å². The van der Waals surface area contributed by atoms with Gasteiger partial charge in [-0.1, -0.05) is 26.0 Å². The van der Waals surface area contributed by atoms with Gasteiger partial charge in [-0.15, -0.1) is 0 Å². The van der Waals surface area contributed by atoms with Gasteiger partial charge in [-0.05, 0) is 25.0 Å². The Kier molecular flexibility index (Phi) is 5.66. The Bertz CT molecular complexity index is 496. The molecule has 1 atom stereocenters. The molecule has 5 nitrogen and oxygen atoms in total. The minimum absolute atomic E-state index is 0.0946. The zero-order valence-corrected chi connectivity index (χ0v) is 13.7. The number of amides is 1. The van der Waals surface area contributed by atoms with Gasteiger partial charge in [0.25, 0.3) is 0 Å². The predicted octanol–water partition coefficient (Wildman–Crippen LogP) is 1.67. The number of aromatic hydroxyl groups is 1. The fourth-order valence-electron chi connectivity index (χ4n) is 2.55. The van der Waals surface area contributed by atoms with Crippen LogP contribution in [0.5, 0.6) is 5.75 Å². The molecule has 0 bridgehead atoms. The maximum absolute atomic E-state index is 12.0. The van der Waals surface area contributed by atoms with Crippen molar-refractivity contribution in [1.82, 2.24) is 10.2 Å². The zero-order valence-electron chi connectivity index (χ0n) is 13.7. The first kappa shape index (κ1) is 16.6. The van der Waals surface area contributed by atoms with Crippen LogP contribution in [0, 0.1) is 5.92 Å².